The molecule has 1 saturated carbocycles. The van der Waals surface area contributed by atoms with E-state index < -0.39 is 114 Å². The number of nitrogens with zero attached hydrogens (tertiary/aromatic N) is 1. The number of aliphatic hydroxyl groups is 2. The third-order valence-electron chi connectivity index (χ3n) is 14.0. The molecule has 17 nitrogen and oxygen atoms in total. The third-order valence-corrected chi connectivity index (χ3v) is 14.0. The molecule has 3 saturated heterocycles. The van der Waals surface area contributed by atoms with Gasteiger partial charge in [0.25, 0.3) is 0 Å². The number of carbonyl (C=O) groups excluding carboxylic acids is 4. The maximum absolute atomic E-state index is 14.3. The Hall–Kier alpha value is -2.32. The highest BCUT2D eigenvalue weighted by Gasteiger charge is 2.70. The molecule has 0 amide bonds. The molecule has 4 aliphatic rings. The number of ketones is 1. The Bertz CT molecular complexity index is 1520. The largest absolute Gasteiger partial charge is 0.466 e. The summed E-state index contributed by atoms with van der Waals surface area (Å²) in [7, 11) is 6.59. The predicted molar refractivity (Wildman–Crippen MR) is 219 cm³/mol. The van der Waals surface area contributed by atoms with Gasteiger partial charge in [-0.2, -0.15) is 0 Å². The first-order valence-corrected chi connectivity index (χ1v) is 21.8. The lowest BCUT2D eigenvalue weighted by atomic mass is 9.75. The van der Waals surface area contributed by atoms with Crippen LogP contribution in [0.25, 0.3) is 0 Å². The minimum Gasteiger partial charge on any atom is -0.466 e. The normalized spacial score (nSPS) is 45.0. The molecule has 0 bridgehead atoms. The van der Waals surface area contributed by atoms with Gasteiger partial charge >= 0.3 is 17.9 Å². The molecule has 19 atom stereocenters. The third kappa shape index (κ3) is 11.1. The number of methoxy groups -OCH3 is 3. The van der Waals surface area contributed by atoms with Crippen LogP contribution in [0.4, 0.5) is 0 Å². The summed E-state index contributed by atoms with van der Waals surface area (Å²) in [4.78, 5) is 54.1. The first kappa shape index (κ1) is 51.3. The van der Waals surface area contributed by atoms with Crippen molar-refractivity contribution in [2.45, 2.75) is 186 Å². The van der Waals surface area contributed by atoms with Crippen molar-refractivity contribution in [2.24, 2.45) is 29.6 Å². The standard InChI is InChI=1S/C44H75NO16/c1-22-20-42(10,53-14)37(61-41-35(52-13)31(19-23(2)56-41)45(12)17-16-18-55-29(8)46)25(4)34(59-32-21-43(11,54-15)39(28(7)57-32)58-30(9)47)26(5)40(50)60-38-27(6)44(38,51)36(49)24(3)33(22)48/h22-28,31-32,34-39,41,49,51H,16-21H2,1-15H3/t22-,23-,24+,25+,26-,27?,28+,31+,32+,34+,35-,36-,37-,38-,39+,41+,42+,43-,44+/m1/s1. The number of rotatable bonds is 13. The van der Waals surface area contributed by atoms with Gasteiger partial charge in [-0.05, 0) is 60.9 Å². The summed E-state index contributed by atoms with van der Waals surface area (Å²) in [5.74, 6) is -5.96. The van der Waals surface area contributed by atoms with Crippen molar-refractivity contribution in [3.05, 3.63) is 0 Å². The van der Waals surface area contributed by atoms with Gasteiger partial charge in [0.05, 0.1) is 48.6 Å². The van der Waals surface area contributed by atoms with Gasteiger partial charge in [-0.1, -0.05) is 27.7 Å². The number of fused-ring (bicyclic) bond motifs is 1. The van der Waals surface area contributed by atoms with Crippen LogP contribution in [0, 0.1) is 29.6 Å². The van der Waals surface area contributed by atoms with Gasteiger partial charge in [-0.3, -0.25) is 19.2 Å². The molecule has 4 rings (SSSR count). The second kappa shape index (κ2) is 20.7. The van der Waals surface area contributed by atoms with Crippen LogP contribution in [0.2, 0.25) is 0 Å². The maximum Gasteiger partial charge on any atom is 0.311 e. The Kier molecular flexibility index (Phi) is 17.4. The van der Waals surface area contributed by atoms with E-state index in [2.05, 4.69) is 4.90 Å². The molecule has 0 aromatic carbocycles. The zero-order chi connectivity index (χ0) is 45.9. The van der Waals surface area contributed by atoms with E-state index in [9.17, 15) is 29.4 Å². The lowest BCUT2D eigenvalue weighted by Gasteiger charge is -2.50. The van der Waals surface area contributed by atoms with Gasteiger partial charge in [-0.25, -0.2) is 0 Å². The van der Waals surface area contributed by atoms with Crippen LogP contribution < -0.4 is 0 Å². The van der Waals surface area contributed by atoms with Gasteiger partial charge in [-0.15, -0.1) is 0 Å². The minimum atomic E-state index is -1.84. The average molecular weight is 874 g/mol. The predicted octanol–water partition coefficient (Wildman–Crippen LogP) is 3.21. The molecule has 17 heteroatoms. The Morgan fingerprint density at radius 1 is 0.852 bits per heavy atom. The van der Waals surface area contributed by atoms with Crippen LogP contribution in [0.1, 0.15) is 102 Å². The van der Waals surface area contributed by atoms with Crippen molar-refractivity contribution in [1.82, 2.24) is 4.90 Å². The number of carbonyl (C=O) groups is 4. The molecule has 3 heterocycles. The van der Waals surface area contributed by atoms with Crippen LogP contribution >= 0.6 is 0 Å². The number of aliphatic hydroxyl groups excluding tert-OH is 1. The van der Waals surface area contributed by atoms with Crippen LogP contribution in [0.15, 0.2) is 0 Å². The molecular formula is C44H75NO16. The van der Waals surface area contributed by atoms with Crippen LogP contribution in [0.3, 0.4) is 0 Å². The molecule has 2 N–H and O–H groups in total. The lowest BCUT2D eigenvalue weighted by molar-refractivity contribution is -0.321. The molecular weight excluding hydrogens is 798 g/mol. The van der Waals surface area contributed by atoms with Gasteiger partial charge in [0.15, 0.2) is 18.7 Å². The van der Waals surface area contributed by atoms with Crippen LogP contribution in [-0.2, 0) is 66.5 Å². The second-order valence-corrected chi connectivity index (χ2v) is 18.6. The van der Waals surface area contributed by atoms with E-state index in [1.54, 1.807) is 48.7 Å². The Balaban J connectivity index is 1.81. The van der Waals surface area contributed by atoms with Crippen LogP contribution in [0.5, 0.6) is 0 Å². The van der Waals surface area contributed by atoms with E-state index in [1.807, 2.05) is 27.8 Å². The van der Waals surface area contributed by atoms with Crippen molar-refractivity contribution in [1.29, 1.82) is 0 Å². The lowest BCUT2D eigenvalue weighted by Crippen LogP contribution is -2.61. The van der Waals surface area contributed by atoms with Gasteiger partial charge < -0.3 is 62.5 Å². The molecule has 4 fully saturated rings. The van der Waals surface area contributed by atoms with Gasteiger partial charge in [0.1, 0.15) is 29.2 Å². The quantitative estimate of drug-likeness (QED) is 0.155. The molecule has 0 aromatic heterocycles. The fraction of sp³-hybridized carbons (Fsp3) is 0.909. The van der Waals surface area contributed by atoms with E-state index in [-0.39, 0.29) is 43.3 Å². The number of hydrogen-bond donors (Lipinski definition) is 2. The Morgan fingerprint density at radius 3 is 2.05 bits per heavy atom. The monoisotopic (exact) mass is 874 g/mol. The van der Waals surface area contributed by atoms with Gasteiger partial charge in [0.2, 0.25) is 0 Å². The Morgan fingerprint density at radius 2 is 1.48 bits per heavy atom. The smallest absolute Gasteiger partial charge is 0.311 e. The highest BCUT2D eigenvalue weighted by Crippen LogP contribution is 2.52. The SMILES string of the molecule is CO[C@H]1[C@H](O[C@@H]2[C@@H](C)[C@H](O[C@H]3C[C@@](C)(OC)[C@@H](OC(C)=O)[C@H](C)O3)[C@@H](C)C(=O)O[C@@H]3C(C)[C@]3(O)[C@H](O)[C@@H](C)C(=O)[C@H](C)C[C@]2(C)OC)O[C@H](C)C[C@@H]1N(C)CCCOC(C)=O. The molecule has 352 valence electrons. The number of esters is 3. The minimum absolute atomic E-state index is 0.110. The fourth-order valence-electron chi connectivity index (χ4n) is 10.1. The number of likely N-dealkylation sites (N-methyl/N-ethyl adjacent to an activating group) is 1. The summed E-state index contributed by atoms with van der Waals surface area (Å²) < 4.78 is 62.2. The van der Waals surface area contributed by atoms with E-state index in [0.717, 1.165) is 0 Å². The number of Topliss-reactive ketones (excluding diaryl/α,β-unsaturated/α-hetero) is 1. The summed E-state index contributed by atoms with van der Waals surface area (Å²) in [6.07, 6.45) is -7.45. The first-order valence-electron chi connectivity index (χ1n) is 21.8. The average Bonchev–Trinajstić information content (AvgIpc) is 3.73. The van der Waals surface area contributed by atoms with Crippen LogP contribution in [-0.4, -0.2) is 165 Å². The summed E-state index contributed by atoms with van der Waals surface area (Å²) in [5, 5.41) is 23.2. The highest BCUT2D eigenvalue weighted by molar-refractivity contribution is 5.84. The number of ether oxygens (including phenoxy) is 10. The van der Waals surface area contributed by atoms with Crippen molar-refractivity contribution in [3.63, 3.8) is 0 Å². The summed E-state index contributed by atoms with van der Waals surface area (Å²) in [6, 6.07) is -0.184. The molecule has 0 aromatic rings. The zero-order valence-corrected chi connectivity index (χ0v) is 39.0. The first-order chi connectivity index (χ1) is 28.4. The molecule has 1 aliphatic carbocycles. The van der Waals surface area contributed by atoms with E-state index >= 15 is 0 Å². The molecule has 61 heavy (non-hydrogen) atoms. The highest BCUT2D eigenvalue weighted by atomic mass is 16.7. The topological polar surface area (TPSA) is 204 Å². The van der Waals surface area contributed by atoms with E-state index in [1.165, 1.54) is 28.1 Å². The summed E-state index contributed by atoms with van der Waals surface area (Å²) in [6.45, 7) is 19.4. The van der Waals surface area contributed by atoms with Crippen molar-refractivity contribution in [2.75, 3.05) is 41.5 Å². The summed E-state index contributed by atoms with van der Waals surface area (Å²) >= 11 is 0. The van der Waals surface area contributed by atoms with E-state index in [4.69, 9.17) is 47.4 Å². The maximum atomic E-state index is 14.3. The number of hydrogen-bond acceptors (Lipinski definition) is 17. The molecule has 3 aliphatic heterocycles. The molecule has 1 unspecified atom stereocenters. The fourth-order valence-corrected chi connectivity index (χ4v) is 10.1. The summed E-state index contributed by atoms with van der Waals surface area (Å²) in [5.41, 5.74) is -4.15. The molecule has 0 spiro atoms. The molecule has 0 radical (unpaired) electrons. The van der Waals surface area contributed by atoms with Gasteiger partial charge in [0, 0.05) is 77.9 Å². The van der Waals surface area contributed by atoms with E-state index in [0.29, 0.717) is 19.4 Å². The van der Waals surface area contributed by atoms with Crippen molar-refractivity contribution >= 4 is 23.7 Å². The Labute approximate surface area is 362 Å². The van der Waals surface area contributed by atoms with Crippen molar-refractivity contribution < 1.29 is 76.8 Å². The van der Waals surface area contributed by atoms with Crippen molar-refractivity contribution in [3.8, 4) is 0 Å². The zero-order valence-electron chi connectivity index (χ0n) is 39.0. The second-order valence-electron chi connectivity index (χ2n) is 18.6.